The quantitative estimate of drug-likeness (QED) is 0.195. The van der Waals surface area contributed by atoms with E-state index in [1.54, 1.807) is 5.57 Å². The zero-order valence-electron chi connectivity index (χ0n) is 26.5. The van der Waals surface area contributed by atoms with Crippen LogP contribution in [0, 0.1) is 6.92 Å². The first-order valence-corrected chi connectivity index (χ1v) is 16.6. The largest absolute Gasteiger partial charge is 0.0839 e. The number of fused-ring (bicyclic) bond motifs is 9. The highest BCUT2D eigenvalue weighted by molar-refractivity contribution is 5.98. The molecule has 0 aromatic heterocycles. The maximum Gasteiger partial charge on any atom is 0.0716 e. The molecule has 0 saturated heterocycles. The summed E-state index contributed by atoms with van der Waals surface area (Å²) in [5, 5.41) is 0. The van der Waals surface area contributed by atoms with Crippen molar-refractivity contribution in [3.05, 3.63) is 177 Å². The van der Waals surface area contributed by atoms with Crippen LogP contribution < -0.4 is 0 Å². The summed E-state index contributed by atoms with van der Waals surface area (Å²) in [6, 6.07) is 41.7. The van der Waals surface area contributed by atoms with E-state index in [-0.39, 0.29) is 10.8 Å². The molecule has 0 nitrogen and oxygen atoms in total. The first-order chi connectivity index (χ1) is 22.0. The number of benzene rings is 5. The zero-order valence-corrected chi connectivity index (χ0v) is 26.5. The van der Waals surface area contributed by atoms with Crippen molar-refractivity contribution in [2.24, 2.45) is 0 Å². The van der Waals surface area contributed by atoms with Gasteiger partial charge in [0, 0.05) is 5.41 Å². The van der Waals surface area contributed by atoms with Crippen LogP contribution in [0.3, 0.4) is 0 Å². The lowest BCUT2D eigenvalue weighted by Crippen LogP contribution is -2.41. The topological polar surface area (TPSA) is 0 Å². The van der Waals surface area contributed by atoms with Gasteiger partial charge in [0.1, 0.15) is 0 Å². The summed E-state index contributed by atoms with van der Waals surface area (Å²) in [6.07, 6.45) is 11.8. The van der Waals surface area contributed by atoms with Gasteiger partial charge in [0.05, 0.1) is 5.41 Å². The van der Waals surface area contributed by atoms with Crippen LogP contribution in [0.2, 0.25) is 0 Å². The Hall–Kier alpha value is -4.68. The number of rotatable bonds is 2. The van der Waals surface area contributed by atoms with Crippen molar-refractivity contribution in [3.63, 3.8) is 0 Å². The van der Waals surface area contributed by atoms with Gasteiger partial charge in [-0.25, -0.2) is 0 Å². The van der Waals surface area contributed by atoms with E-state index in [9.17, 15) is 0 Å². The molecule has 0 heteroatoms. The summed E-state index contributed by atoms with van der Waals surface area (Å²) in [5.74, 6) is 0. The molecule has 9 rings (SSSR count). The van der Waals surface area contributed by atoms with E-state index in [0.717, 1.165) is 25.7 Å². The van der Waals surface area contributed by atoms with Crippen LogP contribution in [-0.2, 0) is 17.3 Å². The van der Waals surface area contributed by atoms with Crippen molar-refractivity contribution in [3.8, 4) is 22.3 Å². The van der Waals surface area contributed by atoms with Gasteiger partial charge in [-0.2, -0.15) is 0 Å². The number of allylic oxidation sites excluding steroid dienone is 5. The van der Waals surface area contributed by atoms with E-state index in [0.29, 0.717) is 0 Å². The maximum absolute atomic E-state index is 2.49. The standard InChI is InChI=1S/C45H38/c1-29-19-21-30(22-20-29)32-25-23-31-24-26-33(28-34(31)27-32)35-12-10-18-42-43(35)36-11-4-5-13-37(36)45(42)40-16-8-6-14-38(40)44(2,3)39-15-7-9-17-41(39)45/h4-6,8-14,16-23,25,27-28H,7,15,24,26H2,1-3H3. The summed E-state index contributed by atoms with van der Waals surface area (Å²) in [6.45, 7) is 7.04. The second-order valence-corrected chi connectivity index (χ2v) is 14.0. The average molecular weight is 579 g/mol. The van der Waals surface area contributed by atoms with Crippen LogP contribution >= 0.6 is 0 Å². The number of hydrogen-bond acceptors (Lipinski definition) is 0. The third-order valence-corrected chi connectivity index (χ3v) is 11.3. The third-order valence-electron chi connectivity index (χ3n) is 11.3. The Labute approximate surface area is 267 Å². The Morgan fingerprint density at radius 2 is 1.31 bits per heavy atom. The van der Waals surface area contributed by atoms with Gasteiger partial charge in [-0.15, -0.1) is 0 Å². The molecule has 0 radical (unpaired) electrons. The Morgan fingerprint density at radius 1 is 0.600 bits per heavy atom. The molecule has 1 spiro atoms. The molecule has 5 aromatic carbocycles. The molecule has 0 heterocycles. The maximum atomic E-state index is 2.49. The minimum atomic E-state index is -0.300. The van der Waals surface area contributed by atoms with Crippen molar-refractivity contribution >= 4 is 11.6 Å². The Kier molecular flexibility index (Phi) is 5.73. The average Bonchev–Trinajstić information content (AvgIpc) is 3.38. The lowest BCUT2D eigenvalue weighted by atomic mass is 9.54. The van der Waals surface area contributed by atoms with Gasteiger partial charge >= 0.3 is 0 Å². The van der Waals surface area contributed by atoms with Gasteiger partial charge < -0.3 is 0 Å². The monoisotopic (exact) mass is 578 g/mol. The van der Waals surface area contributed by atoms with Crippen LogP contribution in [-0.4, -0.2) is 0 Å². The highest BCUT2D eigenvalue weighted by atomic mass is 14.6. The van der Waals surface area contributed by atoms with Crippen LogP contribution in [0.15, 0.2) is 132 Å². The summed E-state index contributed by atoms with van der Waals surface area (Å²) in [4.78, 5) is 0. The molecular weight excluding hydrogens is 540 g/mol. The molecular formula is C45H38. The first-order valence-electron chi connectivity index (χ1n) is 16.6. The fraction of sp³-hybridized carbons (Fsp3) is 0.200. The van der Waals surface area contributed by atoms with Gasteiger partial charge in [-0.05, 0) is 111 Å². The van der Waals surface area contributed by atoms with Crippen molar-refractivity contribution in [2.75, 3.05) is 0 Å². The molecule has 4 aliphatic rings. The van der Waals surface area contributed by atoms with E-state index in [1.807, 2.05) is 0 Å². The van der Waals surface area contributed by atoms with Crippen LogP contribution in [0.1, 0.15) is 77.6 Å². The fourth-order valence-electron chi connectivity index (χ4n) is 9.13. The Bertz CT molecular complexity index is 2130. The minimum absolute atomic E-state index is 0.00199. The molecule has 0 amide bonds. The smallest absolute Gasteiger partial charge is 0.0716 e. The van der Waals surface area contributed by atoms with Gasteiger partial charge in [0.25, 0.3) is 0 Å². The number of hydrogen-bond donors (Lipinski definition) is 0. The molecule has 4 aliphatic carbocycles. The van der Waals surface area contributed by atoms with Crippen molar-refractivity contribution in [1.29, 1.82) is 0 Å². The predicted molar refractivity (Wildman–Crippen MR) is 189 cm³/mol. The highest BCUT2D eigenvalue weighted by Crippen LogP contribution is 2.64. The van der Waals surface area contributed by atoms with Crippen LogP contribution in [0.25, 0.3) is 33.9 Å². The van der Waals surface area contributed by atoms with E-state index in [4.69, 9.17) is 0 Å². The van der Waals surface area contributed by atoms with Crippen molar-refractivity contribution in [2.45, 2.75) is 57.3 Å². The Balaban J connectivity index is 1.29. The third kappa shape index (κ3) is 3.66. The zero-order chi connectivity index (χ0) is 30.3. The lowest BCUT2D eigenvalue weighted by Gasteiger charge is -2.48. The van der Waals surface area contributed by atoms with Crippen molar-refractivity contribution < 1.29 is 0 Å². The molecule has 0 N–H and O–H groups in total. The van der Waals surface area contributed by atoms with E-state index >= 15 is 0 Å². The summed E-state index contributed by atoms with van der Waals surface area (Å²) in [7, 11) is 0. The Morgan fingerprint density at radius 3 is 2.16 bits per heavy atom. The van der Waals surface area contributed by atoms with E-state index < -0.39 is 0 Å². The van der Waals surface area contributed by atoms with Gasteiger partial charge in [0.2, 0.25) is 0 Å². The fourth-order valence-corrected chi connectivity index (χ4v) is 9.13. The summed E-state index contributed by atoms with van der Waals surface area (Å²) in [5.41, 5.74) is 21.0. The SMILES string of the molecule is Cc1ccc(-c2ccc3c(c2)C=C(c2cccc4c2-c2ccccc2C42C4=C(CCC=C4)C(C)(C)c4ccccc42)CC3)cc1. The molecule has 0 fully saturated rings. The molecule has 1 atom stereocenters. The lowest BCUT2D eigenvalue weighted by molar-refractivity contribution is 0.524. The van der Waals surface area contributed by atoms with E-state index in [2.05, 4.69) is 148 Å². The molecule has 0 aliphatic heterocycles. The highest BCUT2D eigenvalue weighted by Gasteiger charge is 2.54. The molecule has 5 aromatic rings. The second kappa shape index (κ2) is 9.66. The first kappa shape index (κ1) is 26.7. The minimum Gasteiger partial charge on any atom is -0.0839 e. The van der Waals surface area contributed by atoms with Gasteiger partial charge in [-0.1, -0.05) is 146 Å². The van der Waals surface area contributed by atoms with Gasteiger partial charge in [0.15, 0.2) is 0 Å². The van der Waals surface area contributed by atoms with E-state index in [1.165, 1.54) is 77.9 Å². The molecule has 45 heavy (non-hydrogen) atoms. The van der Waals surface area contributed by atoms with Crippen LogP contribution in [0.4, 0.5) is 0 Å². The summed E-state index contributed by atoms with van der Waals surface area (Å²) >= 11 is 0. The molecule has 0 bridgehead atoms. The molecule has 0 saturated carbocycles. The molecule has 218 valence electrons. The summed E-state index contributed by atoms with van der Waals surface area (Å²) < 4.78 is 0. The second-order valence-electron chi connectivity index (χ2n) is 14.0. The van der Waals surface area contributed by atoms with Gasteiger partial charge in [-0.3, -0.25) is 0 Å². The normalized spacial score (nSPS) is 20.2. The van der Waals surface area contributed by atoms with Crippen LogP contribution in [0.5, 0.6) is 0 Å². The van der Waals surface area contributed by atoms with Crippen molar-refractivity contribution in [1.82, 2.24) is 0 Å². The predicted octanol–water partition coefficient (Wildman–Crippen LogP) is 11.4. The number of aryl methyl sites for hydroxylation is 2. The molecule has 1 unspecified atom stereocenters.